The van der Waals surface area contributed by atoms with Crippen LogP contribution in [0.15, 0.2) is 34.9 Å². The minimum atomic E-state index is 0. The number of hydrogen-bond acceptors (Lipinski definition) is 2. The normalized spacial score (nSPS) is 10.5. The van der Waals surface area contributed by atoms with Gasteiger partial charge in [0.25, 0.3) is 0 Å². The molecule has 0 saturated heterocycles. The molecule has 0 N–H and O–H groups in total. The smallest absolute Gasteiger partial charge is 0.373 e. The van der Waals surface area contributed by atoms with Gasteiger partial charge in [0.05, 0.1) is 6.08 Å². The van der Waals surface area contributed by atoms with Crippen molar-refractivity contribution >= 4 is 17.8 Å². The Morgan fingerprint density at radius 3 is 2.21 bits per heavy atom. The number of aryl methyl sites for hydroxylation is 2. The zero-order chi connectivity index (χ0) is 13.1. The third kappa shape index (κ3) is 4.09. The zero-order valence-electron chi connectivity index (χ0n) is 11.7. The molecular formula is C15H19IN2O. The van der Waals surface area contributed by atoms with Gasteiger partial charge in [0.15, 0.2) is 5.76 Å². The highest BCUT2D eigenvalue weighted by atomic mass is 127. The molecule has 0 bridgehead atoms. The first kappa shape index (κ1) is 15.8. The predicted octanol–water partition coefficient (Wildman–Crippen LogP) is -0.347. The first-order chi connectivity index (χ1) is 8.56. The lowest BCUT2D eigenvalue weighted by atomic mass is 10.2. The Bertz CT molecular complexity index is 556. The van der Waals surface area contributed by atoms with Crippen LogP contribution in [0.4, 0.5) is 5.69 Å². The van der Waals surface area contributed by atoms with E-state index in [1.165, 1.54) is 5.69 Å². The lowest BCUT2D eigenvalue weighted by molar-refractivity contribution is -0.676. The van der Waals surface area contributed by atoms with Crippen LogP contribution in [0.5, 0.6) is 0 Å². The largest absolute Gasteiger partial charge is 1.00 e. The standard InChI is InChI=1S/C15H19N2O.HI/c1-12-11-17(4)15(18-12)10-7-13-5-8-14(9-6-13)16(2)3;/h5-11H,1-4H3;1H/q+1;/p-1. The number of rotatable bonds is 3. The quantitative estimate of drug-likeness (QED) is 0.544. The highest BCUT2D eigenvalue weighted by molar-refractivity contribution is 5.66. The second-order valence-corrected chi connectivity index (χ2v) is 4.61. The highest BCUT2D eigenvalue weighted by Gasteiger charge is 2.08. The summed E-state index contributed by atoms with van der Waals surface area (Å²) >= 11 is 0. The third-order valence-electron chi connectivity index (χ3n) is 2.82. The molecule has 0 amide bonds. The number of nitrogens with zero attached hydrogens (tertiary/aromatic N) is 2. The van der Waals surface area contributed by atoms with Crippen LogP contribution in [0.25, 0.3) is 12.2 Å². The first-order valence-electron chi connectivity index (χ1n) is 5.98. The molecule has 0 aliphatic heterocycles. The van der Waals surface area contributed by atoms with Gasteiger partial charge >= 0.3 is 5.89 Å². The van der Waals surface area contributed by atoms with Crippen LogP contribution in [-0.4, -0.2) is 14.1 Å². The number of oxazole rings is 1. The van der Waals surface area contributed by atoms with Crippen LogP contribution >= 0.6 is 0 Å². The van der Waals surface area contributed by atoms with Crippen molar-refractivity contribution in [3.63, 3.8) is 0 Å². The summed E-state index contributed by atoms with van der Waals surface area (Å²) in [5, 5.41) is 0. The Morgan fingerprint density at radius 1 is 1.11 bits per heavy atom. The molecule has 19 heavy (non-hydrogen) atoms. The molecule has 1 heterocycles. The highest BCUT2D eigenvalue weighted by Crippen LogP contribution is 2.14. The number of halogens is 1. The molecule has 102 valence electrons. The van der Waals surface area contributed by atoms with E-state index < -0.39 is 0 Å². The summed E-state index contributed by atoms with van der Waals surface area (Å²) in [6.07, 6.45) is 6.00. The van der Waals surface area contributed by atoms with E-state index in [-0.39, 0.29) is 24.0 Å². The molecule has 4 heteroatoms. The molecule has 0 spiro atoms. The van der Waals surface area contributed by atoms with E-state index in [4.69, 9.17) is 4.42 Å². The van der Waals surface area contributed by atoms with Crippen LogP contribution in [0.2, 0.25) is 0 Å². The third-order valence-corrected chi connectivity index (χ3v) is 2.82. The Kier molecular flexibility index (Phi) is 5.60. The maximum absolute atomic E-state index is 5.57. The van der Waals surface area contributed by atoms with Crippen LogP contribution in [0, 0.1) is 6.92 Å². The molecule has 2 rings (SSSR count). The Labute approximate surface area is 131 Å². The zero-order valence-corrected chi connectivity index (χ0v) is 13.9. The van der Waals surface area contributed by atoms with Gasteiger partial charge in [-0.25, -0.2) is 0 Å². The molecule has 2 aromatic rings. The number of hydrogen-bond donors (Lipinski definition) is 0. The summed E-state index contributed by atoms with van der Waals surface area (Å²) in [4.78, 5) is 2.09. The summed E-state index contributed by atoms with van der Waals surface area (Å²) < 4.78 is 7.54. The van der Waals surface area contributed by atoms with Crippen molar-refractivity contribution < 1.29 is 33.0 Å². The second-order valence-electron chi connectivity index (χ2n) is 4.61. The lowest BCUT2D eigenvalue weighted by Gasteiger charge is -2.11. The molecule has 3 nitrogen and oxygen atoms in total. The Balaban J connectivity index is 0.00000180. The molecule has 0 fully saturated rings. The van der Waals surface area contributed by atoms with Gasteiger partial charge in [-0.3, -0.25) is 0 Å². The Morgan fingerprint density at radius 2 is 1.74 bits per heavy atom. The molecule has 1 aromatic carbocycles. The molecule has 0 atom stereocenters. The minimum absolute atomic E-state index is 0. The van der Waals surface area contributed by atoms with E-state index >= 15 is 0 Å². The monoisotopic (exact) mass is 370 g/mol. The van der Waals surface area contributed by atoms with Crippen LogP contribution in [-0.2, 0) is 7.05 Å². The van der Waals surface area contributed by atoms with Gasteiger partial charge in [-0.15, -0.1) is 0 Å². The van der Waals surface area contributed by atoms with Crippen molar-refractivity contribution in [2.45, 2.75) is 6.92 Å². The number of aromatic nitrogens is 1. The van der Waals surface area contributed by atoms with E-state index in [9.17, 15) is 0 Å². The van der Waals surface area contributed by atoms with Crippen molar-refractivity contribution in [1.82, 2.24) is 0 Å². The van der Waals surface area contributed by atoms with Gasteiger partial charge < -0.3 is 33.3 Å². The average Bonchev–Trinajstić information content (AvgIpc) is 2.66. The minimum Gasteiger partial charge on any atom is -1.00 e. The van der Waals surface area contributed by atoms with E-state index in [0.717, 1.165) is 17.2 Å². The lowest BCUT2D eigenvalue weighted by Crippen LogP contribution is -3.00. The van der Waals surface area contributed by atoms with Gasteiger partial charge in [-0.2, -0.15) is 4.57 Å². The maximum Gasteiger partial charge on any atom is 0.373 e. The summed E-state index contributed by atoms with van der Waals surface area (Å²) in [7, 11) is 6.05. The fourth-order valence-electron chi connectivity index (χ4n) is 1.80. The fraction of sp³-hybridized carbons (Fsp3) is 0.267. The Hall–Kier alpha value is -1.30. The first-order valence-corrected chi connectivity index (χ1v) is 5.98. The molecule has 0 aliphatic rings. The van der Waals surface area contributed by atoms with Gasteiger partial charge in [-0.05, 0) is 23.8 Å². The van der Waals surface area contributed by atoms with E-state index in [2.05, 4.69) is 35.2 Å². The van der Waals surface area contributed by atoms with Crippen LogP contribution in [0.3, 0.4) is 0 Å². The van der Waals surface area contributed by atoms with Gasteiger partial charge in [0.2, 0.25) is 6.20 Å². The average molecular weight is 370 g/mol. The number of anilines is 1. The maximum atomic E-state index is 5.57. The van der Waals surface area contributed by atoms with Crippen molar-refractivity contribution in [2.24, 2.45) is 7.05 Å². The van der Waals surface area contributed by atoms with E-state index in [1.807, 2.05) is 44.9 Å². The fourth-order valence-corrected chi connectivity index (χ4v) is 1.80. The van der Waals surface area contributed by atoms with Crippen molar-refractivity contribution in [3.05, 3.63) is 47.7 Å². The van der Waals surface area contributed by atoms with Gasteiger partial charge in [-0.1, -0.05) is 12.1 Å². The number of benzene rings is 1. The van der Waals surface area contributed by atoms with Crippen molar-refractivity contribution in [2.75, 3.05) is 19.0 Å². The summed E-state index contributed by atoms with van der Waals surface area (Å²) in [5.74, 6) is 1.77. The molecule has 1 aromatic heterocycles. The van der Waals surface area contributed by atoms with Gasteiger partial charge in [0, 0.05) is 26.7 Å². The molecule has 0 radical (unpaired) electrons. The molecular weight excluding hydrogens is 351 g/mol. The van der Waals surface area contributed by atoms with E-state index in [1.54, 1.807) is 0 Å². The van der Waals surface area contributed by atoms with Crippen LogP contribution in [0.1, 0.15) is 17.2 Å². The summed E-state index contributed by atoms with van der Waals surface area (Å²) in [5.41, 5.74) is 2.36. The van der Waals surface area contributed by atoms with Crippen molar-refractivity contribution in [1.29, 1.82) is 0 Å². The van der Waals surface area contributed by atoms with Crippen LogP contribution < -0.4 is 33.4 Å². The summed E-state index contributed by atoms with van der Waals surface area (Å²) in [6, 6.07) is 8.41. The second kappa shape index (κ2) is 6.75. The summed E-state index contributed by atoms with van der Waals surface area (Å²) in [6.45, 7) is 1.95. The predicted molar refractivity (Wildman–Crippen MR) is 74.3 cm³/mol. The molecule has 0 aliphatic carbocycles. The van der Waals surface area contributed by atoms with E-state index in [0.29, 0.717) is 0 Å². The van der Waals surface area contributed by atoms with Gasteiger partial charge in [0.1, 0.15) is 7.05 Å². The molecule has 0 unspecified atom stereocenters. The topological polar surface area (TPSA) is 20.3 Å². The SMILES string of the molecule is Cc1c[n+](C)c(C=Cc2ccc(N(C)C)cc2)o1.[I-]. The molecule has 0 saturated carbocycles. The van der Waals surface area contributed by atoms with Crippen molar-refractivity contribution in [3.8, 4) is 0 Å².